The first-order valence-corrected chi connectivity index (χ1v) is 5.47. The van der Waals surface area contributed by atoms with Gasteiger partial charge in [0.05, 0.1) is 17.4 Å². The predicted octanol–water partition coefficient (Wildman–Crippen LogP) is 2.18. The molecule has 3 nitrogen and oxygen atoms in total. The van der Waals surface area contributed by atoms with E-state index in [1.807, 2.05) is 48.8 Å². The summed E-state index contributed by atoms with van der Waals surface area (Å²) in [6.45, 7) is 2.97. The van der Waals surface area contributed by atoms with Crippen molar-refractivity contribution in [3.8, 4) is 0 Å². The van der Waals surface area contributed by atoms with Crippen LogP contribution < -0.4 is 5.32 Å². The first-order valence-electron chi connectivity index (χ1n) is 5.47. The normalized spacial score (nSPS) is 10.6. The van der Waals surface area contributed by atoms with Gasteiger partial charge in [-0.25, -0.2) is 0 Å². The van der Waals surface area contributed by atoms with Crippen molar-refractivity contribution >= 4 is 0 Å². The Morgan fingerprint density at radius 1 is 1.00 bits per heavy atom. The third-order valence-electron chi connectivity index (χ3n) is 2.38. The van der Waals surface area contributed by atoms with Crippen LogP contribution in [0.5, 0.6) is 0 Å². The molecule has 0 amide bonds. The summed E-state index contributed by atoms with van der Waals surface area (Å²) in [5.74, 6) is 0. The summed E-state index contributed by atoms with van der Waals surface area (Å²) in [7, 11) is 0. The molecule has 82 valence electrons. The van der Waals surface area contributed by atoms with Crippen molar-refractivity contribution in [2.75, 3.05) is 6.54 Å². The molecule has 0 aliphatic carbocycles. The number of aromatic nitrogens is 2. The standard InChI is InChI=1S/C13H15N3/c1-2-14-13(11-7-3-5-9-15-11)12-8-4-6-10-16-12/h3-10,13-14H,2H2,1H3. The van der Waals surface area contributed by atoms with Gasteiger partial charge in [0.15, 0.2) is 0 Å². The van der Waals surface area contributed by atoms with Crippen molar-refractivity contribution < 1.29 is 0 Å². The van der Waals surface area contributed by atoms with Gasteiger partial charge < -0.3 is 5.32 Å². The van der Waals surface area contributed by atoms with Crippen LogP contribution in [0.4, 0.5) is 0 Å². The number of nitrogens with zero attached hydrogens (tertiary/aromatic N) is 2. The fourth-order valence-corrected chi connectivity index (χ4v) is 1.66. The van der Waals surface area contributed by atoms with Crippen LogP contribution in [-0.2, 0) is 0 Å². The minimum absolute atomic E-state index is 0.0763. The molecule has 2 aromatic rings. The van der Waals surface area contributed by atoms with Crippen LogP contribution in [0.25, 0.3) is 0 Å². The van der Waals surface area contributed by atoms with Crippen LogP contribution in [0.3, 0.4) is 0 Å². The number of hydrogen-bond acceptors (Lipinski definition) is 3. The van der Waals surface area contributed by atoms with E-state index in [1.165, 1.54) is 0 Å². The van der Waals surface area contributed by atoms with Crippen LogP contribution in [0, 0.1) is 0 Å². The van der Waals surface area contributed by atoms with Crippen LogP contribution in [0.2, 0.25) is 0 Å². The molecule has 0 atom stereocenters. The van der Waals surface area contributed by atoms with Crippen LogP contribution in [0.15, 0.2) is 48.8 Å². The average molecular weight is 213 g/mol. The van der Waals surface area contributed by atoms with Gasteiger partial charge >= 0.3 is 0 Å². The van der Waals surface area contributed by atoms with Gasteiger partial charge in [-0.1, -0.05) is 19.1 Å². The molecule has 2 heterocycles. The molecule has 0 aromatic carbocycles. The van der Waals surface area contributed by atoms with Crippen molar-refractivity contribution in [1.82, 2.24) is 15.3 Å². The predicted molar refractivity (Wildman–Crippen MR) is 64.0 cm³/mol. The number of pyridine rings is 2. The largest absolute Gasteiger partial charge is 0.304 e. The van der Waals surface area contributed by atoms with Crippen molar-refractivity contribution in [2.24, 2.45) is 0 Å². The quantitative estimate of drug-likeness (QED) is 0.845. The molecule has 0 aliphatic rings. The highest BCUT2D eigenvalue weighted by Crippen LogP contribution is 2.17. The highest BCUT2D eigenvalue weighted by molar-refractivity contribution is 5.21. The van der Waals surface area contributed by atoms with Gasteiger partial charge in [0.2, 0.25) is 0 Å². The third-order valence-corrected chi connectivity index (χ3v) is 2.38. The lowest BCUT2D eigenvalue weighted by atomic mass is 10.1. The molecule has 1 N–H and O–H groups in total. The molecule has 0 spiro atoms. The van der Waals surface area contributed by atoms with Gasteiger partial charge in [-0.2, -0.15) is 0 Å². The zero-order chi connectivity index (χ0) is 11.2. The van der Waals surface area contributed by atoms with E-state index in [9.17, 15) is 0 Å². The monoisotopic (exact) mass is 213 g/mol. The highest BCUT2D eigenvalue weighted by atomic mass is 15.0. The second-order valence-corrected chi connectivity index (χ2v) is 3.50. The Bertz CT molecular complexity index is 374. The van der Waals surface area contributed by atoms with Crippen LogP contribution in [-0.4, -0.2) is 16.5 Å². The number of nitrogens with one attached hydrogen (secondary N) is 1. The Kier molecular flexibility index (Phi) is 3.62. The lowest BCUT2D eigenvalue weighted by Crippen LogP contribution is -2.23. The second kappa shape index (κ2) is 5.37. The lowest BCUT2D eigenvalue weighted by Gasteiger charge is -2.16. The summed E-state index contributed by atoms with van der Waals surface area (Å²) < 4.78 is 0. The van der Waals surface area contributed by atoms with E-state index in [-0.39, 0.29) is 6.04 Å². The summed E-state index contributed by atoms with van der Waals surface area (Å²) >= 11 is 0. The fraction of sp³-hybridized carbons (Fsp3) is 0.231. The molecule has 0 saturated heterocycles. The summed E-state index contributed by atoms with van der Waals surface area (Å²) in [6.07, 6.45) is 3.62. The first-order chi connectivity index (χ1) is 7.92. The van der Waals surface area contributed by atoms with Crippen molar-refractivity contribution in [3.05, 3.63) is 60.2 Å². The highest BCUT2D eigenvalue weighted by Gasteiger charge is 2.14. The van der Waals surface area contributed by atoms with E-state index in [1.54, 1.807) is 0 Å². The van der Waals surface area contributed by atoms with E-state index in [4.69, 9.17) is 0 Å². The molecule has 0 saturated carbocycles. The Morgan fingerprint density at radius 3 is 1.94 bits per heavy atom. The minimum Gasteiger partial charge on any atom is -0.304 e. The van der Waals surface area contributed by atoms with E-state index in [2.05, 4.69) is 22.2 Å². The molecule has 0 aliphatic heterocycles. The summed E-state index contributed by atoms with van der Waals surface area (Å²) in [6, 6.07) is 11.9. The lowest BCUT2D eigenvalue weighted by molar-refractivity contribution is 0.601. The topological polar surface area (TPSA) is 37.8 Å². The first kappa shape index (κ1) is 10.8. The molecule has 0 radical (unpaired) electrons. The molecule has 0 bridgehead atoms. The van der Waals surface area contributed by atoms with Gasteiger partial charge in [-0.05, 0) is 30.8 Å². The summed E-state index contributed by atoms with van der Waals surface area (Å²) in [5.41, 5.74) is 2.01. The van der Waals surface area contributed by atoms with E-state index in [0.717, 1.165) is 17.9 Å². The molecule has 3 heteroatoms. The van der Waals surface area contributed by atoms with Crippen molar-refractivity contribution in [3.63, 3.8) is 0 Å². The smallest absolute Gasteiger partial charge is 0.0924 e. The Hall–Kier alpha value is -1.74. The molecule has 2 aromatic heterocycles. The van der Waals surface area contributed by atoms with Crippen LogP contribution in [0.1, 0.15) is 24.4 Å². The summed E-state index contributed by atoms with van der Waals surface area (Å²) in [5, 5.41) is 3.39. The third kappa shape index (κ3) is 2.44. The average Bonchev–Trinajstić information content (AvgIpc) is 2.38. The van der Waals surface area contributed by atoms with Crippen LogP contribution >= 0.6 is 0 Å². The second-order valence-electron chi connectivity index (χ2n) is 3.50. The Balaban J connectivity index is 2.31. The van der Waals surface area contributed by atoms with Gasteiger partial charge in [-0.3, -0.25) is 9.97 Å². The number of rotatable bonds is 4. The van der Waals surface area contributed by atoms with Crippen molar-refractivity contribution in [2.45, 2.75) is 13.0 Å². The van der Waals surface area contributed by atoms with Gasteiger partial charge in [0.25, 0.3) is 0 Å². The minimum atomic E-state index is 0.0763. The fourth-order valence-electron chi connectivity index (χ4n) is 1.66. The maximum atomic E-state index is 4.37. The Morgan fingerprint density at radius 2 is 1.56 bits per heavy atom. The van der Waals surface area contributed by atoms with E-state index >= 15 is 0 Å². The van der Waals surface area contributed by atoms with Gasteiger partial charge in [-0.15, -0.1) is 0 Å². The molecular formula is C13H15N3. The maximum Gasteiger partial charge on any atom is 0.0924 e. The molecule has 2 rings (SSSR count). The molecular weight excluding hydrogens is 198 g/mol. The van der Waals surface area contributed by atoms with Gasteiger partial charge in [0.1, 0.15) is 0 Å². The van der Waals surface area contributed by atoms with Gasteiger partial charge in [0, 0.05) is 12.4 Å². The molecule has 16 heavy (non-hydrogen) atoms. The summed E-state index contributed by atoms with van der Waals surface area (Å²) in [4.78, 5) is 8.74. The number of hydrogen-bond donors (Lipinski definition) is 1. The molecule has 0 unspecified atom stereocenters. The van der Waals surface area contributed by atoms with E-state index < -0.39 is 0 Å². The Labute approximate surface area is 95.6 Å². The van der Waals surface area contributed by atoms with E-state index in [0.29, 0.717) is 0 Å². The zero-order valence-electron chi connectivity index (χ0n) is 9.30. The van der Waals surface area contributed by atoms with Crippen molar-refractivity contribution in [1.29, 1.82) is 0 Å². The maximum absolute atomic E-state index is 4.37. The molecule has 0 fully saturated rings. The zero-order valence-corrected chi connectivity index (χ0v) is 9.30. The SMILES string of the molecule is CCNC(c1ccccn1)c1ccccn1.